The molecular weight excluding hydrogens is 483 g/mol. The van der Waals surface area contributed by atoms with Gasteiger partial charge in [0.2, 0.25) is 0 Å². The Labute approximate surface area is 190 Å². The summed E-state index contributed by atoms with van der Waals surface area (Å²) in [6.07, 6.45) is -16.8. The van der Waals surface area contributed by atoms with E-state index < -0.39 is 86.2 Å². The maximum atomic E-state index is 10.6. The smallest absolute Gasteiger partial charge is 0.475 e. The molecule has 3 fully saturated rings. The van der Waals surface area contributed by atoms with Crippen molar-refractivity contribution >= 4 is 5.97 Å². The molecule has 34 heavy (non-hydrogen) atoms. The van der Waals surface area contributed by atoms with Gasteiger partial charge in [0.05, 0.1) is 38.1 Å². The highest BCUT2D eigenvalue weighted by molar-refractivity contribution is 5.73. The summed E-state index contributed by atoms with van der Waals surface area (Å²) < 4.78 is 53.0. The highest BCUT2D eigenvalue weighted by Crippen LogP contribution is 2.26. The average molecular weight is 511 g/mol. The average Bonchev–Trinajstić information content (AvgIpc) is 3.34. The summed E-state index contributed by atoms with van der Waals surface area (Å²) in [4.78, 5) is 8.90. The highest BCUT2D eigenvalue weighted by Gasteiger charge is 2.47. The normalized spacial score (nSPS) is 42.5. The number of carboxylic acids is 1. The lowest BCUT2D eigenvalue weighted by Gasteiger charge is -2.21. The number of hydrogen-bond donors (Lipinski definition) is 9. The number of ether oxygens (including phenoxy) is 4. The predicted molar refractivity (Wildman–Crippen MR) is 97.8 cm³/mol. The van der Waals surface area contributed by atoms with E-state index in [1.165, 1.54) is 0 Å². The first-order chi connectivity index (χ1) is 15.8. The Bertz CT molecular complexity index is 659. The van der Waals surface area contributed by atoms with Crippen LogP contribution in [-0.4, -0.2) is 147 Å². The molecule has 0 spiro atoms. The summed E-state index contributed by atoms with van der Waals surface area (Å²) in [5.41, 5.74) is 0. The number of aliphatic hydroxyl groups is 7. The van der Waals surface area contributed by atoms with Crippen molar-refractivity contribution in [1.29, 1.82) is 0 Å². The lowest BCUT2D eigenvalue weighted by atomic mass is 10.1. The minimum absolute atomic E-state index is 0.0604. The molecule has 0 saturated carbocycles. The fourth-order valence-electron chi connectivity index (χ4n) is 3.32. The van der Waals surface area contributed by atoms with Crippen molar-refractivity contribution in [2.24, 2.45) is 0 Å². The quantitative estimate of drug-likeness (QED) is 0.156. The van der Waals surface area contributed by atoms with E-state index in [9.17, 15) is 43.8 Å². The second-order valence-electron chi connectivity index (χ2n) is 7.77. The van der Waals surface area contributed by atoms with Gasteiger partial charge in [-0.05, 0) is 0 Å². The molecular formula is C17H28F3NO13. The van der Waals surface area contributed by atoms with Gasteiger partial charge in [-0.3, -0.25) is 0 Å². The van der Waals surface area contributed by atoms with Crippen LogP contribution in [0.1, 0.15) is 0 Å². The largest absolute Gasteiger partial charge is 0.490 e. The maximum Gasteiger partial charge on any atom is 0.490 e. The lowest BCUT2D eigenvalue weighted by Crippen LogP contribution is -2.41. The van der Waals surface area contributed by atoms with Crippen LogP contribution < -0.4 is 5.32 Å². The predicted octanol–water partition coefficient (Wildman–Crippen LogP) is -4.77. The molecule has 0 aromatic heterocycles. The Hall–Kier alpha value is -1.22. The van der Waals surface area contributed by atoms with Gasteiger partial charge in [0.25, 0.3) is 0 Å². The number of aliphatic carboxylic acids is 1. The van der Waals surface area contributed by atoms with Crippen LogP contribution in [0.4, 0.5) is 13.2 Å². The van der Waals surface area contributed by atoms with E-state index in [4.69, 9.17) is 34.0 Å². The molecule has 0 unspecified atom stereocenters. The van der Waals surface area contributed by atoms with Crippen LogP contribution in [0.15, 0.2) is 0 Å². The van der Waals surface area contributed by atoms with E-state index in [0.717, 1.165) is 0 Å². The van der Waals surface area contributed by atoms with Crippen LogP contribution in [0.5, 0.6) is 0 Å². The van der Waals surface area contributed by atoms with Gasteiger partial charge in [0.1, 0.15) is 36.6 Å². The first-order valence-corrected chi connectivity index (χ1v) is 10.0. The Morgan fingerprint density at radius 2 is 1.32 bits per heavy atom. The summed E-state index contributed by atoms with van der Waals surface area (Å²) >= 11 is 0. The molecule has 11 atom stereocenters. The van der Waals surface area contributed by atoms with Crippen LogP contribution in [0.3, 0.4) is 0 Å². The molecule has 0 aromatic rings. The van der Waals surface area contributed by atoms with E-state index in [2.05, 4.69) is 5.32 Å². The number of aliphatic hydroxyl groups excluding tert-OH is 7. The molecule has 3 rings (SSSR count). The Balaban J connectivity index is 0.000000509. The molecule has 0 amide bonds. The first-order valence-electron chi connectivity index (χ1n) is 10.0. The number of halogens is 3. The highest BCUT2D eigenvalue weighted by atomic mass is 19.4. The van der Waals surface area contributed by atoms with Gasteiger partial charge in [-0.15, -0.1) is 0 Å². The van der Waals surface area contributed by atoms with Gasteiger partial charge in [-0.1, -0.05) is 0 Å². The fourth-order valence-corrected chi connectivity index (χ4v) is 3.32. The second-order valence-corrected chi connectivity index (χ2v) is 7.77. The van der Waals surface area contributed by atoms with E-state index in [-0.39, 0.29) is 19.8 Å². The molecule has 3 saturated heterocycles. The standard InChI is InChI=1S/C15H27NO11.C2HF3O2/c17-2-7-10(20)12(22)15(26-7)25-4-8-11(21)13(23)14(27-8)24-3-5-9(19)6(18)1-16-5;3-2(4,5)1(6)7/h5-23H,1-4H2;(H,6,7)/t5-,6-,7-,8-,9-,10-,11-,12+,13+,14+,15+;/m0./s1. The van der Waals surface area contributed by atoms with Crippen LogP contribution in [0, 0.1) is 0 Å². The van der Waals surface area contributed by atoms with Crippen molar-refractivity contribution in [1.82, 2.24) is 5.32 Å². The molecule has 9 N–H and O–H groups in total. The van der Waals surface area contributed by atoms with Crippen molar-refractivity contribution in [2.45, 2.75) is 73.6 Å². The number of β-amino-alcohol motifs (C(OH)–C–C–N with tert-alkyl or cyclic N) is 1. The molecule has 200 valence electrons. The third-order valence-electron chi connectivity index (χ3n) is 5.32. The molecule has 0 aromatic carbocycles. The van der Waals surface area contributed by atoms with Crippen LogP contribution in [0.25, 0.3) is 0 Å². The van der Waals surface area contributed by atoms with Crippen LogP contribution >= 0.6 is 0 Å². The van der Waals surface area contributed by atoms with E-state index in [1.54, 1.807) is 0 Å². The molecule has 0 aliphatic carbocycles. The molecule has 0 radical (unpaired) electrons. The minimum Gasteiger partial charge on any atom is -0.475 e. The van der Waals surface area contributed by atoms with Gasteiger partial charge in [0, 0.05) is 6.54 Å². The van der Waals surface area contributed by atoms with E-state index in [1.807, 2.05) is 0 Å². The van der Waals surface area contributed by atoms with Gasteiger partial charge >= 0.3 is 12.1 Å². The number of hydrogen-bond acceptors (Lipinski definition) is 13. The Kier molecular flexibility index (Phi) is 10.4. The zero-order valence-electron chi connectivity index (χ0n) is 17.4. The first kappa shape index (κ1) is 29.0. The van der Waals surface area contributed by atoms with E-state index >= 15 is 0 Å². The summed E-state index contributed by atoms with van der Waals surface area (Å²) in [7, 11) is 0. The molecule has 3 heterocycles. The summed E-state index contributed by atoms with van der Waals surface area (Å²) in [6.45, 7) is -0.611. The second kappa shape index (κ2) is 12.2. The topological polar surface area (TPSA) is 228 Å². The van der Waals surface area contributed by atoms with Crippen molar-refractivity contribution in [2.75, 3.05) is 26.4 Å². The van der Waals surface area contributed by atoms with Gasteiger partial charge in [0.15, 0.2) is 12.6 Å². The zero-order chi connectivity index (χ0) is 25.8. The van der Waals surface area contributed by atoms with Gasteiger partial charge in [-0.25, -0.2) is 4.79 Å². The molecule has 14 nitrogen and oxygen atoms in total. The number of rotatable bonds is 7. The van der Waals surface area contributed by atoms with Gasteiger partial charge < -0.3 is 65.1 Å². The Morgan fingerprint density at radius 1 is 0.853 bits per heavy atom. The third kappa shape index (κ3) is 7.15. The Morgan fingerprint density at radius 3 is 1.74 bits per heavy atom. The number of carbonyl (C=O) groups is 1. The van der Waals surface area contributed by atoms with Crippen LogP contribution in [-0.2, 0) is 23.7 Å². The lowest BCUT2D eigenvalue weighted by molar-refractivity contribution is -0.207. The fraction of sp³-hybridized carbons (Fsp3) is 0.941. The van der Waals surface area contributed by atoms with Gasteiger partial charge in [-0.2, -0.15) is 13.2 Å². The maximum absolute atomic E-state index is 10.6. The number of carboxylic acid groups (broad SMARTS) is 1. The summed E-state index contributed by atoms with van der Waals surface area (Å²) in [6, 6.07) is -0.540. The zero-order valence-corrected chi connectivity index (χ0v) is 17.4. The summed E-state index contributed by atoms with van der Waals surface area (Å²) in [5.74, 6) is -2.76. The van der Waals surface area contributed by atoms with Crippen molar-refractivity contribution < 1.29 is 77.8 Å². The molecule has 3 aliphatic heterocycles. The van der Waals surface area contributed by atoms with Crippen molar-refractivity contribution in [3.05, 3.63) is 0 Å². The van der Waals surface area contributed by atoms with E-state index in [0.29, 0.717) is 0 Å². The van der Waals surface area contributed by atoms with Crippen molar-refractivity contribution in [3.8, 4) is 0 Å². The summed E-state index contributed by atoms with van der Waals surface area (Å²) in [5, 5.41) is 77.9. The number of alkyl halides is 3. The molecule has 0 bridgehead atoms. The van der Waals surface area contributed by atoms with Crippen LogP contribution in [0.2, 0.25) is 0 Å². The van der Waals surface area contributed by atoms with Crippen molar-refractivity contribution in [3.63, 3.8) is 0 Å². The minimum atomic E-state index is -5.08. The SMILES string of the molecule is O=C(O)C(F)(F)F.OC[C@@H]1O[C@@H](OC[C@@H]2O[C@@H](OC[C@@H]3NC[C@H](O)[C@H]3O)[C@H](O)[C@H]2O)[C@H](O)[C@H]1O. The molecule has 3 aliphatic rings. The third-order valence-corrected chi connectivity index (χ3v) is 5.32. The number of nitrogens with one attached hydrogen (secondary N) is 1. The molecule has 17 heteroatoms. The monoisotopic (exact) mass is 511 g/mol.